The third-order valence-corrected chi connectivity index (χ3v) is 3.28. The van der Waals surface area contributed by atoms with Crippen LogP contribution in [0.3, 0.4) is 0 Å². The maximum atomic E-state index is 10.7. The second-order valence-corrected chi connectivity index (χ2v) is 4.62. The number of carbonyl (C=O) groups excluding carboxylic acids is 1. The van der Waals surface area contributed by atoms with Crippen molar-refractivity contribution in [1.29, 1.82) is 0 Å². The van der Waals surface area contributed by atoms with E-state index in [0.29, 0.717) is 12.0 Å². The van der Waals surface area contributed by atoms with Crippen LogP contribution in [-0.2, 0) is 4.74 Å². The first kappa shape index (κ1) is 11.3. The van der Waals surface area contributed by atoms with Gasteiger partial charge in [-0.15, -0.1) is 0 Å². The van der Waals surface area contributed by atoms with Gasteiger partial charge in [0.1, 0.15) is 5.60 Å². The first-order chi connectivity index (χ1) is 6.34. The lowest BCUT2D eigenvalue weighted by Crippen LogP contribution is -3.08. The van der Waals surface area contributed by atoms with Crippen molar-refractivity contribution in [2.75, 3.05) is 6.54 Å². The van der Waals surface area contributed by atoms with Crippen LogP contribution in [0.15, 0.2) is 0 Å². The molecule has 3 N–H and O–H groups in total. The fourth-order valence-electron chi connectivity index (χ4n) is 2.39. The summed E-state index contributed by atoms with van der Waals surface area (Å²) in [6.07, 6.45) is 0.333. The molecular weight excluding hydrogens is 180 g/mol. The van der Waals surface area contributed by atoms with Crippen LogP contribution in [-0.4, -0.2) is 24.3 Å². The van der Waals surface area contributed by atoms with E-state index in [1.54, 1.807) is 0 Å². The van der Waals surface area contributed by atoms with Crippen LogP contribution in [0.25, 0.3) is 0 Å². The van der Waals surface area contributed by atoms with E-state index in [1.807, 2.05) is 13.8 Å². The van der Waals surface area contributed by atoms with Crippen molar-refractivity contribution >= 4 is 6.09 Å². The van der Waals surface area contributed by atoms with Gasteiger partial charge < -0.3 is 15.4 Å². The van der Waals surface area contributed by atoms with Gasteiger partial charge in [0.15, 0.2) is 0 Å². The zero-order valence-corrected chi connectivity index (χ0v) is 9.17. The van der Waals surface area contributed by atoms with Gasteiger partial charge in [0, 0.05) is 6.42 Å². The Morgan fingerprint density at radius 2 is 2.21 bits per heavy atom. The van der Waals surface area contributed by atoms with Gasteiger partial charge in [-0.1, -0.05) is 0 Å². The summed E-state index contributed by atoms with van der Waals surface area (Å²) in [5.41, 5.74) is 4.56. The van der Waals surface area contributed by atoms with Gasteiger partial charge in [-0.2, -0.15) is 7.05 Å². The monoisotopic (exact) mass is 200 g/mol. The molecule has 0 spiro atoms. The van der Waals surface area contributed by atoms with Crippen LogP contribution in [0.5, 0.6) is 0 Å². The zero-order valence-electron chi connectivity index (χ0n) is 9.17. The Kier molecular flexibility index (Phi) is 3.04. The van der Waals surface area contributed by atoms with Gasteiger partial charge in [0.05, 0.1) is 18.5 Å². The standard InChI is InChI=1S/C10H20N2O2/c1-7-8(5-6-12(7)4)10(2,3)14-9(11)13/h7-8,12H,4-6H2,1-3H3,(H2,11,13)/t7-,8-/m0/s1. The summed E-state index contributed by atoms with van der Waals surface area (Å²) in [5.74, 6) is 0.336. The summed E-state index contributed by atoms with van der Waals surface area (Å²) in [6, 6.07) is 0.407. The minimum Gasteiger partial charge on any atom is -0.465 e. The molecule has 14 heavy (non-hydrogen) atoms. The molecule has 4 heteroatoms. The van der Waals surface area contributed by atoms with Crippen LogP contribution in [0.4, 0.5) is 4.79 Å². The van der Waals surface area contributed by atoms with Crippen molar-refractivity contribution in [2.24, 2.45) is 11.7 Å². The van der Waals surface area contributed by atoms with Gasteiger partial charge in [-0.05, 0) is 20.8 Å². The minimum absolute atomic E-state index is 0.336. The second kappa shape index (κ2) is 3.77. The molecule has 1 aliphatic rings. The highest BCUT2D eigenvalue weighted by Crippen LogP contribution is 2.28. The molecule has 0 aromatic rings. The number of likely N-dealkylation sites (tertiary alicyclic amines) is 1. The van der Waals surface area contributed by atoms with Crippen molar-refractivity contribution in [3.63, 3.8) is 0 Å². The predicted octanol–water partition coefficient (Wildman–Crippen LogP) is -0.0548. The number of rotatable bonds is 2. The van der Waals surface area contributed by atoms with Crippen LogP contribution < -0.4 is 10.6 Å². The van der Waals surface area contributed by atoms with E-state index in [2.05, 4.69) is 14.0 Å². The molecule has 3 atom stereocenters. The molecule has 0 aromatic heterocycles. The number of nitrogens with two attached hydrogens (primary N) is 1. The van der Waals surface area contributed by atoms with Crippen molar-refractivity contribution in [3.8, 4) is 0 Å². The molecule has 82 valence electrons. The maximum Gasteiger partial charge on any atom is 0.405 e. The van der Waals surface area contributed by atoms with E-state index >= 15 is 0 Å². The van der Waals surface area contributed by atoms with Crippen LogP contribution in [0.1, 0.15) is 27.2 Å². The zero-order chi connectivity index (χ0) is 10.9. The Morgan fingerprint density at radius 1 is 1.64 bits per heavy atom. The Morgan fingerprint density at radius 3 is 2.57 bits per heavy atom. The van der Waals surface area contributed by atoms with Gasteiger partial charge in [0.2, 0.25) is 0 Å². The third-order valence-electron chi connectivity index (χ3n) is 3.28. The number of hydrogen-bond acceptors (Lipinski definition) is 2. The summed E-state index contributed by atoms with van der Waals surface area (Å²) in [7, 11) is 4.01. The highest BCUT2D eigenvalue weighted by molar-refractivity contribution is 5.65. The van der Waals surface area contributed by atoms with Crippen molar-refractivity contribution in [1.82, 2.24) is 0 Å². The minimum atomic E-state index is -0.695. The van der Waals surface area contributed by atoms with Crippen LogP contribution in [0, 0.1) is 13.0 Å². The molecule has 1 aliphatic heterocycles. The van der Waals surface area contributed by atoms with Gasteiger partial charge in [-0.3, -0.25) is 0 Å². The molecule has 1 amide bonds. The molecule has 1 rings (SSSR count). The SMILES string of the molecule is [CH2-][NH+]1CC[C@H](C(C)(C)OC(N)=O)[C@@H]1C. The largest absolute Gasteiger partial charge is 0.465 e. The fraction of sp³-hybridized carbons (Fsp3) is 0.800. The molecule has 0 bridgehead atoms. The number of nitrogens with one attached hydrogen (secondary N) is 1. The lowest BCUT2D eigenvalue weighted by atomic mass is 9.85. The van der Waals surface area contributed by atoms with E-state index < -0.39 is 11.7 Å². The molecule has 4 nitrogen and oxygen atoms in total. The number of ether oxygens (including phenoxy) is 1. The molecule has 0 saturated carbocycles. The van der Waals surface area contributed by atoms with Gasteiger partial charge in [-0.25, -0.2) is 4.79 Å². The Labute approximate surface area is 85.4 Å². The quantitative estimate of drug-likeness (QED) is 0.614. The number of primary amides is 1. The van der Waals surface area contributed by atoms with Gasteiger partial charge in [0.25, 0.3) is 0 Å². The average molecular weight is 200 g/mol. The number of hydrogen-bond donors (Lipinski definition) is 2. The highest BCUT2D eigenvalue weighted by atomic mass is 16.6. The highest BCUT2D eigenvalue weighted by Gasteiger charge is 2.42. The van der Waals surface area contributed by atoms with E-state index in [0.717, 1.165) is 13.0 Å². The molecule has 0 aliphatic carbocycles. The lowest BCUT2D eigenvalue weighted by Gasteiger charge is -2.33. The summed E-state index contributed by atoms with van der Waals surface area (Å²) in [6.45, 7) is 6.98. The molecule has 0 radical (unpaired) electrons. The Hall–Kier alpha value is -0.770. The predicted molar refractivity (Wildman–Crippen MR) is 53.5 cm³/mol. The Balaban J connectivity index is 2.67. The maximum absolute atomic E-state index is 10.7. The summed E-state index contributed by atoms with van der Waals surface area (Å²) < 4.78 is 5.14. The average Bonchev–Trinajstić information content (AvgIpc) is 2.30. The van der Waals surface area contributed by atoms with E-state index in [4.69, 9.17) is 10.5 Å². The molecule has 1 saturated heterocycles. The molecule has 1 fully saturated rings. The van der Waals surface area contributed by atoms with Crippen LogP contribution in [0.2, 0.25) is 0 Å². The van der Waals surface area contributed by atoms with E-state index in [-0.39, 0.29) is 0 Å². The summed E-state index contributed by atoms with van der Waals surface area (Å²) in [4.78, 5) is 12.0. The Bertz CT molecular complexity index is 228. The van der Waals surface area contributed by atoms with E-state index in [1.165, 1.54) is 4.90 Å². The molecular formula is C10H20N2O2. The van der Waals surface area contributed by atoms with Crippen LogP contribution >= 0.6 is 0 Å². The first-order valence-corrected chi connectivity index (χ1v) is 5.00. The molecule has 0 aromatic carbocycles. The summed E-state index contributed by atoms with van der Waals surface area (Å²) in [5, 5.41) is 0. The second-order valence-electron chi connectivity index (χ2n) is 4.62. The molecule has 1 unspecified atom stereocenters. The summed E-state index contributed by atoms with van der Waals surface area (Å²) >= 11 is 0. The molecule has 1 heterocycles. The van der Waals surface area contributed by atoms with Gasteiger partial charge >= 0.3 is 6.09 Å². The van der Waals surface area contributed by atoms with Crippen molar-refractivity contribution in [2.45, 2.75) is 38.8 Å². The van der Waals surface area contributed by atoms with Crippen molar-refractivity contribution in [3.05, 3.63) is 7.05 Å². The smallest absolute Gasteiger partial charge is 0.405 e. The fourth-order valence-corrected chi connectivity index (χ4v) is 2.39. The topological polar surface area (TPSA) is 56.8 Å². The van der Waals surface area contributed by atoms with E-state index in [9.17, 15) is 4.79 Å². The number of quaternary nitrogens is 1. The lowest BCUT2D eigenvalue weighted by molar-refractivity contribution is -0.867. The van der Waals surface area contributed by atoms with Crippen molar-refractivity contribution < 1.29 is 14.4 Å². The number of amides is 1. The third kappa shape index (κ3) is 2.18. The first-order valence-electron chi connectivity index (χ1n) is 5.00. The number of carbonyl (C=O) groups is 1. The normalized spacial score (nSPS) is 33.0.